The fourth-order valence-corrected chi connectivity index (χ4v) is 3.13. The monoisotopic (exact) mass is 319 g/mol. The molecule has 1 aromatic heterocycles. The van der Waals surface area contributed by atoms with E-state index in [1.807, 2.05) is 18.2 Å². The van der Waals surface area contributed by atoms with Crippen LogP contribution in [0, 0.1) is 11.8 Å². The molecule has 2 nitrogen and oxygen atoms in total. The van der Waals surface area contributed by atoms with Gasteiger partial charge in [0.15, 0.2) is 0 Å². The van der Waals surface area contributed by atoms with Crippen LogP contribution in [-0.2, 0) is 13.1 Å². The lowest BCUT2D eigenvalue weighted by Gasteiger charge is -2.15. The van der Waals surface area contributed by atoms with E-state index in [0.29, 0.717) is 6.42 Å². The van der Waals surface area contributed by atoms with Crippen LogP contribution in [0.25, 0.3) is 0 Å². The van der Waals surface area contributed by atoms with E-state index in [0.717, 1.165) is 23.7 Å². The third kappa shape index (κ3) is 5.53. The molecule has 1 aromatic carbocycles. The lowest BCUT2D eigenvalue weighted by molar-refractivity contribution is 0.305. The van der Waals surface area contributed by atoms with E-state index in [9.17, 15) is 0 Å². The van der Waals surface area contributed by atoms with Gasteiger partial charge in [-0.05, 0) is 30.8 Å². The lowest BCUT2D eigenvalue weighted by atomic mass is 10.2. The van der Waals surface area contributed by atoms with Gasteiger partial charge < -0.3 is 5.11 Å². The molecular weight excluding hydrogens is 302 g/mol. The average molecular weight is 320 g/mol. The second-order valence-corrected chi connectivity index (χ2v) is 6.31. The van der Waals surface area contributed by atoms with Crippen LogP contribution >= 0.6 is 22.9 Å². The molecule has 0 radical (unpaired) electrons. The minimum Gasteiger partial charge on any atom is -0.395 e. The largest absolute Gasteiger partial charge is 0.395 e. The number of thiophene rings is 1. The van der Waals surface area contributed by atoms with Gasteiger partial charge in [-0.2, -0.15) is 0 Å². The molecular formula is C17H18ClNOS. The van der Waals surface area contributed by atoms with Crippen molar-refractivity contribution < 1.29 is 5.11 Å². The number of aliphatic hydroxyl groups is 1. The van der Waals surface area contributed by atoms with E-state index < -0.39 is 0 Å². The number of nitrogens with zero attached hydrogens (tertiary/aromatic N) is 1. The number of aliphatic hydroxyl groups excluding tert-OH is 1. The Morgan fingerprint density at radius 3 is 2.90 bits per heavy atom. The Labute approximate surface area is 135 Å². The molecule has 0 spiro atoms. The zero-order chi connectivity index (χ0) is 15.1. The van der Waals surface area contributed by atoms with Crippen LogP contribution in [-0.4, -0.2) is 23.7 Å². The third-order valence-corrected chi connectivity index (χ3v) is 4.05. The molecule has 1 N–H and O–H groups in total. The van der Waals surface area contributed by atoms with E-state index in [2.05, 4.69) is 41.3 Å². The Kier molecular flexibility index (Phi) is 6.28. The standard InChI is InChI=1S/C17H18ClNOS/c1-19(11-14-6-4-7-16(18)9-14)12-17-10-15(13-21-17)5-2-3-8-20/h4,6-7,9-10,13,20H,3,8,11-12H2,1H3. The van der Waals surface area contributed by atoms with Crippen molar-refractivity contribution in [2.75, 3.05) is 13.7 Å². The fourth-order valence-electron chi connectivity index (χ4n) is 2.02. The maximum Gasteiger partial charge on any atom is 0.0540 e. The summed E-state index contributed by atoms with van der Waals surface area (Å²) < 4.78 is 0. The average Bonchev–Trinajstić information content (AvgIpc) is 2.86. The van der Waals surface area contributed by atoms with Crippen LogP contribution in [0.1, 0.15) is 22.4 Å². The van der Waals surface area contributed by atoms with Gasteiger partial charge in [-0.15, -0.1) is 11.3 Å². The summed E-state index contributed by atoms with van der Waals surface area (Å²) in [5.41, 5.74) is 2.24. The van der Waals surface area contributed by atoms with Gasteiger partial charge in [0.2, 0.25) is 0 Å². The van der Waals surface area contributed by atoms with Gasteiger partial charge in [0, 0.05) is 40.4 Å². The third-order valence-electron chi connectivity index (χ3n) is 2.89. The van der Waals surface area contributed by atoms with Crippen LogP contribution in [0.5, 0.6) is 0 Å². The van der Waals surface area contributed by atoms with E-state index in [4.69, 9.17) is 16.7 Å². The minimum absolute atomic E-state index is 0.117. The van der Waals surface area contributed by atoms with Crippen molar-refractivity contribution in [2.45, 2.75) is 19.5 Å². The van der Waals surface area contributed by atoms with Gasteiger partial charge in [0.1, 0.15) is 0 Å². The second-order valence-electron chi connectivity index (χ2n) is 4.88. The van der Waals surface area contributed by atoms with Crippen LogP contribution < -0.4 is 0 Å². The van der Waals surface area contributed by atoms with E-state index in [1.54, 1.807) is 11.3 Å². The quantitative estimate of drug-likeness (QED) is 0.848. The van der Waals surface area contributed by atoms with Gasteiger partial charge in [-0.25, -0.2) is 0 Å². The van der Waals surface area contributed by atoms with Gasteiger partial charge in [-0.3, -0.25) is 4.90 Å². The summed E-state index contributed by atoms with van der Waals surface area (Å²) in [4.78, 5) is 3.54. The van der Waals surface area contributed by atoms with E-state index in [-0.39, 0.29) is 6.61 Å². The van der Waals surface area contributed by atoms with Crippen molar-refractivity contribution in [1.82, 2.24) is 4.90 Å². The molecule has 0 aliphatic carbocycles. The predicted octanol–water partition coefficient (Wildman–Crippen LogP) is 3.77. The first-order valence-electron chi connectivity index (χ1n) is 6.77. The highest BCUT2D eigenvalue weighted by Gasteiger charge is 2.04. The molecule has 2 rings (SSSR count). The topological polar surface area (TPSA) is 23.5 Å². The molecule has 1 heterocycles. The SMILES string of the molecule is CN(Cc1cccc(Cl)c1)Cc1cc(C#CCCO)cs1. The van der Waals surface area contributed by atoms with Crippen molar-refractivity contribution in [3.8, 4) is 11.8 Å². The Bertz CT molecular complexity index is 641. The first kappa shape index (κ1) is 16.1. The molecule has 0 fully saturated rings. The summed E-state index contributed by atoms with van der Waals surface area (Å²) in [7, 11) is 2.09. The predicted molar refractivity (Wildman–Crippen MR) is 89.5 cm³/mol. The highest BCUT2D eigenvalue weighted by Crippen LogP contribution is 2.18. The molecule has 0 aliphatic heterocycles. The summed E-state index contributed by atoms with van der Waals surface area (Å²) in [5.74, 6) is 6.00. The van der Waals surface area contributed by atoms with Crippen molar-refractivity contribution in [2.24, 2.45) is 0 Å². The molecule has 4 heteroatoms. The van der Waals surface area contributed by atoms with Crippen LogP contribution in [0.2, 0.25) is 5.02 Å². The van der Waals surface area contributed by atoms with Crippen molar-refractivity contribution in [3.05, 3.63) is 56.7 Å². The Balaban J connectivity index is 1.91. The van der Waals surface area contributed by atoms with E-state index in [1.165, 1.54) is 10.4 Å². The van der Waals surface area contributed by atoms with Gasteiger partial charge in [0.25, 0.3) is 0 Å². The summed E-state index contributed by atoms with van der Waals surface area (Å²) in [6.45, 7) is 1.87. The van der Waals surface area contributed by atoms with E-state index >= 15 is 0 Å². The molecule has 0 bridgehead atoms. The highest BCUT2D eigenvalue weighted by molar-refractivity contribution is 7.10. The molecule has 2 aromatic rings. The van der Waals surface area contributed by atoms with Crippen LogP contribution in [0.4, 0.5) is 0 Å². The maximum atomic E-state index is 8.71. The summed E-state index contributed by atoms with van der Waals surface area (Å²) in [6, 6.07) is 10.1. The Morgan fingerprint density at radius 2 is 2.14 bits per heavy atom. The fraction of sp³-hybridized carbons (Fsp3) is 0.294. The second kappa shape index (κ2) is 8.21. The van der Waals surface area contributed by atoms with Gasteiger partial charge in [0.05, 0.1) is 6.61 Å². The minimum atomic E-state index is 0.117. The molecule has 0 atom stereocenters. The maximum absolute atomic E-state index is 8.71. The number of rotatable bonds is 5. The molecule has 110 valence electrons. The number of hydrogen-bond acceptors (Lipinski definition) is 3. The van der Waals surface area contributed by atoms with Gasteiger partial charge >= 0.3 is 0 Å². The van der Waals surface area contributed by atoms with Crippen molar-refractivity contribution in [3.63, 3.8) is 0 Å². The van der Waals surface area contributed by atoms with Gasteiger partial charge in [-0.1, -0.05) is 35.6 Å². The number of halogens is 1. The molecule has 0 saturated carbocycles. The Morgan fingerprint density at radius 1 is 1.29 bits per heavy atom. The normalized spacial score (nSPS) is 10.5. The zero-order valence-corrected chi connectivity index (χ0v) is 13.5. The smallest absolute Gasteiger partial charge is 0.0540 e. The summed E-state index contributed by atoms with van der Waals surface area (Å²) in [6.07, 6.45) is 0.528. The zero-order valence-electron chi connectivity index (χ0n) is 12.0. The molecule has 0 unspecified atom stereocenters. The van der Waals surface area contributed by atoms with Crippen molar-refractivity contribution >= 4 is 22.9 Å². The molecule has 0 amide bonds. The first-order chi connectivity index (χ1) is 10.2. The lowest BCUT2D eigenvalue weighted by Crippen LogP contribution is -2.16. The molecule has 0 saturated heterocycles. The summed E-state index contributed by atoms with van der Waals surface area (Å²) >= 11 is 7.72. The van der Waals surface area contributed by atoms with Crippen molar-refractivity contribution in [1.29, 1.82) is 0 Å². The summed E-state index contributed by atoms with van der Waals surface area (Å²) in [5, 5.41) is 11.6. The number of hydrogen-bond donors (Lipinski definition) is 1. The van der Waals surface area contributed by atoms with Crippen LogP contribution in [0.3, 0.4) is 0 Å². The molecule has 21 heavy (non-hydrogen) atoms. The number of benzene rings is 1. The Hall–Kier alpha value is -1.31. The van der Waals surface area contributed by atoms with Crippen LogP contribution in [0.15, 0.2) is 35.7 Å². The first-order valence-corrected chi connectivity index (χ1v) is 8.03. The molecule has 0 aliphatic rings. The highest BCUT2D eigenvalue weighted by atomic mass is 35.5.